The van der Waals surface area contributed by atoms with Crippen molar-refractivity contribution in [1.82, 2.24) is 0 Å². The molecule has 270 valence electrons. The Labute approximate surface area is 319 Å². The van der Waals surface area contributed by atoms with Crippen LogP contribution >= 0.6 is 0 Å². The highest BCUT2D eigenvalue weighted by atomic mass is 16.1. The molecule has 0 saturated heterocycles. The van der Waals surface area contributed by atoms with E-state index in [2.05, 4.69) is 210 Å². The lowest BCUT2D eigenvalue weighted by molar-refractivity contribution is 0.103. The monoisotopic (exact) mass is 696 g/mol. The van der Waals surface area contributed by atoms with Crippen molar-refractivity contribution in [2.45, 2.75) is 98.3 Å². The van der Waals surface area contributed by atoms with E-state index in [1.54, 1.807) is 0 Å². The van der Waals surface area contributed by atoms with Crippen LogP contribution in [0.15, 0.2) is 133 Å². The maximum Gasteiger partial charge on any atom is 0.193 e. The average Bonchev–Trinajstić information content (AvgIpc) is 3.13. The van der Waals surface area contributed by atoms with Gasteiger partial charge in [-0.1, -0.05) is 173 Å². The van der Waals surface area contributed by atoms with Crippen LogP contribution in [0.25, 0.3) is 44.5 Å². The largest absolute Gasteiger partial charge is 0.289 e. The molecule has 0 spiro atoms. The Morgan fingerprint density at radius 3 is 0.830 bits per heavy atom. The Morgan fingerprint density at radius 2 is 0.604 bits per heavy atom. The molecule has 0 atom stereocenters. The van der Waals surface area contributed by atoms with Gasteiger partial charge in [-0.3, -0.25) is 4.79 Å². The topological polar surface area (TPSA) is 17.1 Å². The Balaban J connectivity index is 1.50. The molecule has 1 nitrogen and oxygen atoms in total. The van der Waals surface area contributed by atoms with E-state index in [-0.39, 0.29) is 22.0 Å². The summed E-state index contributed by atoms with van der Waals surface area (Å²) in [4.78, 5) is 14.9. The second kappa shape index (κ2) is 14.4. The number of hydrogen-bond acceptors (Lipinski definition) is 1. The van der Waals surface area contributed by atoms with Crippen LogP contribution in [0.4, 0.5) is 0 Å². The number of benzene rings is 6. The first kappa shape index (κ1) is 37.7. The van der Waals surface area contributed by atoms with Gasteiger partial charge in [-0.05, 0) is 125 Å². The molecule has 0 N–H and O–H groups in total. The van der Waals surface area contributed by atoms with E-state index in [1.807, 2.05) is 0 Å². The summed E-state index contributed by atoms with van der Waals surface area (Å²) in [6.45, 7) is 24.6. The summed E-state index contributed by atoms with van der Waals surface area (Å²) in [7, 11) is 0. The fourth-order valence-corrected chi connectivity index (χ4v) is 6.90. The van der Waals surface area contributed by atoms with Crippen LogP contribution in [0.2, 0.25) is 0 Å². The number of hydrogen-bond donors (Lipinski definition) is 0. The van der Waals surface area contributed by atoms with Crippen LogP contribution < -0.4 is 0 Å². The minimum atomic E-state index is 0.0129. The van der Waals surface area contributed by atoms with Gasteiger partial charge < -0.3 is 0 Å². The average molecular weight is 697 g/mol. The van der Waals surface area contributed by atoms with Crippen LogP contribution in [-0.2, 0) is 16.2 Å². The highest BCUT2D eigenvalue weighted by Gasteiger charge is 2.20. The molecule has 0 aliphatic heterocycles. The third-order valence-electron chi connectivity index (χ3n) is 10.6. The van der Waals surface area contributed by atoms with Gasteiger partial charge in [-0.2, -0.15) is 0 Å². The van der Waals surface area contributed by atoms with Crippen molar-refractivity contribution in [3.05, 3.63) is 167 Å². The summed E-state index contributed by atoms with van der Waals surface area (Å²) in [6, 6.07) is 48.0. The molecule has 0 radical (unpaired) electrons. The summed E-state index contributed by atoms with van der Waals surface area (Å²) in [6.07, 6.45) is 0. The molecule has 0 fully saturated rings. The standard InChI is InChI=1S/C52H56O/c1-34(2)35-12-14-36(15-13-35)40-28-41(37-16-22-46(23-17-37)50(3,4)5)31-44(30-40)49(53)45-32-42(38-18-24-47(25-19-38)51(6,7)8)29-43(33-45)39-20-26-48(27-21-39)52(9,10)11/h12-34H,1-11H3. The molecule has 0 amide bonds. The first-order valence-electron chi connectivity index (χ1n) is 19.1. The van der Waals surface area contributed by atoms with E-state index in [0.717, 1.165) is 44.5 Å². The Bertz CT molecular complexity index is 2130. The van der Waals surface area contributed by atoms with E-state index < -0.39 is 0 Å². The number of rotatable bonds is 7. The molecule has 6 aromatic carbocycles. The van der Waals surface area contributed by atoms with Gasteiger partial charge in [0.1, 0.15) is 0 Å². The molecular formula is C52H56O. The summed E-state index contributed by atoms with van der Waals surface area (Å²) in [5.41, 5.74) is 15.2. The van der Waals surface area contributed by atoms with Crippen LogP contribution in [0, 0.1) is 0 Å². The molecule has 0 aromatic heterocycles. The number of carbonyl (C=O) groups is 1. The molecule has 0 aliphatic carbocycles. The van der Waals surface area contributed by atoms with Gasteiger partial charge in [0.2, 0.25) is 0 Å². The smallest absolute Gasteiger partial charge is 0.193 e. The van der Waals surface area contributed by atoms with Crippen LogP contribution in [-0.4, -0.2) is 5.78 Å². The summed E-state index contributed by atoms with van der Waals surface area (Å²) < 4.78 is 0. The first-order chi connectivity index (χ1) is 24.9. The van der Waals surface area contributed by atoms with Gasteiger partial charge in [-0.25, -0.2) is 0 Å². The highest BCUT2D eigenvalue weighted by molar-refractivity contribution is 6.11. The molecule has 6 aromatic rings. The first-order valence-corrected chi connectivity index (χ1v) is 19.1. The molecule has 0 aliphatic rings. The van der Waals surface area contributed by atoms with E-state index >= 15 is 0 Å². The quantitative estimate of drug-likeness (QED) is 0.152. The van der Waals surface area contributed by atoms with Gasteiger partial charge in [0.25, 0.3) is 0 Å². The van der Waals surface area contributed by atoms with E-state index in [4.69, 9.17) is 0 Å². The van der Waals surface area contributed by atoms with Gasteiger partial charge >= 0.3 is 0 Å². The lowest BCUT2D eigenvalue weighted by Crippen LogP contribution is -2.10. The molecule has 1 heteroatoms. The predicted molar refractivity (Wildman–Crippen MR) is 228 cm³/mol. The number of ketones is 1. The zero-order valence-corrected chi connectivity index (χ0v) is 33.7. The molecule has 0 unspecified atom stereocenters. The second-order valence-corrected chi connectivity index (χ2v) is 18.2. The minimum Gasteiger partial charge on any atom is -0.289 e. The molecule has 0 saturated carbocycles. The van der Waals surface area contributed by atoms with Crippen molar-refractivity contribution in [3.63, 3.8) is 0 Å². The Hall–Kier alpha value is -5.01. The predicted octanol–water partition coefficient (Wildman–Crippen LogP) is 14.6. The SMILES string of the molecule is CC(C)c1ccc(-c2cc(C(=O)c3cc(-c4ccc(C(C)(C)C)cc4)cc(-c4ccc(C(C)(C)C)cc4)c3)cc(-c3ccc(C(C)(C)C)cc3)c2)cc1. The summed E-state index contributed by atoms with van der Waals surface area (Å²) in [5.74, 6) is 0.462. The van der Waals surface area contributed by atoms with Crippen molar-refractivity contribution < 1.29 is 4.79 Å². The molecule has 6 rings (SSSR count). The van der Waals surface area contributed by atoms with E-state index in [1.165, 1.54) is 22.3 Å². The normalized spacial score (nSPS) is 12.3. The zero-order chi connectivity index (χ0) is 38.3. The highest BCUT2D eigenvalue weighted by Crippen LogP contribution is 2.35. The van der Waals surface area contributed by atoms with Crippen LogP contribution in [0.1, 0.15) is 120 Å². The molecule has 0 heterocycles. The lowest BCUT2D eigenvalue weighted by atomic mass is 9.84. The summed E-state index contributed by atoms with van der Waals surface area (Å²) >= 11 is 0. The molecule has 53 heavy (non-hydrogen) atoms. The van der Waals surface area contributed by atoms with Crippen molar-refractivity contribution in [2.75, 3.05) is 0 Å². The van der Waals surface area contributed by atoms with Crippen LogP contribution in [0.5, 0.6) is 0 Å². The zero-order valence-electron chi connectivity index (χ0n) is 33.7. The van der Waals surface area contributed by atoms with Gasteiger partial charge in [-0.15, -0.1) is 0 Å². The third-order valence-corrected chi connectivity index (χ3v) is 10.6. The third kappa shape index (κ3) is 8.63. The minimum absolute atomic E-state index is 0.0129. The van der Waals surface area contributed by atoms with Crippen molar-refractivity contribution in [2.24, 2.45) is 0 Å². The Kier molecular flexibility index (Phi) is 10.3. The van der Waals surface area contributed by atoms with Crippen molar-refractivity contribution >= 4 is 5.78 Å². The molecular weight excluding hydrogens is 641 g/mol. The van der Waals surface area contributed by atoms with Crippen LogP contribution in [0.3, 0.4) is 0 Å². The van der Waals surface area contributed by atoms with E-state index in [0.29, 0.717) is 17.0 Å². The van der Waals surface area contributed by atoms with Crippen molar-refractivity contribution in [3.8, 4) is 44.5 Å². The molecule has 0 bridgehead atoms. The lowest BCUT2D eigenvalue weighted by Gasteiger charge is -2.20. The van der Waals surface area contributed by atoms with Crippen molar-refractivity contribution in [1.29, 1.82) is 0 Å². The second-order valence-electron chi connectivity index (χ2n) is 18.2. The van der Waals surface area contributed by atoms with Gasteiger partial charge in [0.15, 0.2) is 5.78 Å². The Morgan fingerprint density at radius 1 is 0.358 bits per heavy atom. The fraction of sp³-hybridized carbons (Fsp3) is 0.288. The van der Waals surface area contributed by atoms with Gasteiger partial charge in [0.05, 0.1) is 0 Å². The fourth-order valence-electron chi connectivity index (χ4n) is 6.90. The van der Waals surface area contributed by atoms with E-state index in [9.17, 15) is 4.79 Å². The summed E-state index contributed by atoms with van der Waals surface area (Å²) in [5, 5.41) is 0. The maximum absolute atomic E-state index is 14.9. The maximum atomic E-state index is 14.9. The number of carbonyl (C=O) groups excluding carboxylic acids is 1. The van der Waals surface area contributed by atoms with Gasteiger partial charge in [0, 0.05) is 11.1 Å².